The lowest BCUT2D eigenvalue weighted by atomic mass is 10.1. The molecule has 30 heavy (non-hydrogen) atoms. The van der Waals surface area contributed by atoms with Crippen molar-refractivity contribution in [3.8, 4) is 0 Å². The van der Waals surface area contributed by atoms with Gasteiger partial charge in [-0.3, -0.25) is 9.69 Å². The van der Waals surface area contributed by atoms with E-state index in [0.717, 1.165) is 70.2 Å². The summed E-state index contributed by atoms with van der Waals surface area (Å²) in [6, 6.07) is 4.74. The zero-order chi connectivity index (χ0) is 21.3. The van der Waals surface area contributed by atoms with Crippen molar-refractivity contribution in [1.82, 2.24) is 20.0 Å². The van der Waals surface area contributed by atoms with Gasteiger partial charge in [-0.1, -0.05) is 6.07 Å². The number of piperazine rings is 1. The summed E-state index contributed by atoms with van der Waals surface area (Å²) in [6.07, 6.45) is 3.47. The van der Waals surface area contributed by atoms with Crippen LogP contribution in [0.5, 0.6) is 0 Å². The molecule has 7 nitrogen and oxygen atoms in total. The molecule has 2 aliphatic heterocycles. The number of aliphatic imine (C=N–C) groups is 1. The number of aliphatic hydroxyl groups excluding tert-OH is 1. The molecule has 0 unspecified atom stereocenters. The van der Waals surface area contributed by atoms with Gasteiger partial charge in [0, 0.05) is 51.4 Å². The molecule has 0 aromatic heterocycles. The van der Waals surface area contributed by atoms with Crippen molar-refractivity contribution >= 4 is 11.9 Å². The number of halogens is 1. The van der Waals surface area contributed by atoms with Crippen molar-refractivity contribution in [2.45, 2.75) is 39.3 Å². The minimum absolute atomic E-state index is 0.250. The zero-order valence-corrected chi connectivity index (χ0v) is 17.9. The fourth-order valence-corrected chi connectivity index (χ4v) is 3.99. The molecule has 0 spiro atoms. The number of hydrogen-bond acceptors (Lipinski definition) is 4. The van der Waals surface area contributed by atoms with E-state index < -0.39 is 5.82 Å². The molecule has 1 aromatic carbocycles. The minimum atomic E-state index is -0.396. The molecule has 1 amide bonds. The van der Waals surface area contributed by atoms with Crippen molar-refractivity contribution in [2.75, 3.05) is 52.4 Å². The monoisotopic (exact) mass is 419 g/mol. The van der Waals surface area contributed by atoms with Crippen LogP contribution < -0.4 is 5.32 Å². The highest BCUT2D eigenvalue weighted by Gasteiger charge is 2.24. The predicted octanol–water partition coefficient (Wildman–Crippen LogP) is 1.41. The van der Waals surface area contributed by atoms with Gasteiger partial charge in [0.05, 0.1) is 19.7 Å². The van der Waals surface area contributed by atoms with Gasteiger partial charge in [-0.2, -0.15) is 0 Å². The first-order valence-corrected chi connectivity index (χ1v) is 11.0. The lowest BCUT2D eigenvalue weighted by Gasteiger charge is -2.37. The maximum absolute atomic E-state index is 13.6. The van der Waals surface area contributed by atoms with Crippen molar-refractivity contribution in [3.63, 3.8) is 0 Å². The predicted molar refractivity (Wildman–Crippen MR) is 116 cm³/mol. The molecule has 2 saturated heterocycles. The summed E-state index contributed by atoms with van der Waals surface area (Å²) < 4.78 is 13.6. The number of carbonyl (C=O) groups excluding carboxylic acids is 1. The molecule has 0 bridgehead atoms. The van der Waals surface area contributed by atoms with Crippen LogP contribution in [-0.2, 0) is 17.9 Å². The molecule has 2 fully saturated rings. The second-order valence-electron chi connectivity index (χ2n) is 7.96. The summed E-state index contributed by atoms with van der Waals surface area (Å²) in [5.41, 5.74) is 1.15. The first kappa shape index (κ1) is 22.5. The van der Waals surface area contributed by atoms with E-state index in [9.17, 15) is 14.3 Å². The third-order valence-corrected chi connectivity index (χ3v) is 5.77. The molecule has 0 atom stereocenters. The van der Waals surface area contributed by atoms with Crippen LogP contribution in [0.3, 0.4) is 0 Å². The number of hydrogen-bond donors (Lipinski definition) is 2. The van der Waals surface area contributed by atoms with E-state index in [1.165, 1.54) is 12.5 Å². The molecular weight excluding hydrogens is 385 g/mol. The Hall–Kier alpha value is -2.19. The Morgan fingerprint density at radius 1 is 1.10 bits per heavy atom. The average Bonchev–Trinajstić information content (AvgIpc) is 2.78. The van der Waals surface area contributed by atoms with Gasteiger partial charge in [-0.25, -0.2) is 9.38 Å². The third-order valence-electron chi connectivity index (χ3n) is 5.77. The van der Waals surface area contributed by atoms with Crippen LogP contribution in [0, 0.1) is 5.82 Å². The highest BCUT2D eigenvalue weighted by atomic mass is 19.1. The highest BCUT2D eigenvalue weighted by molar-refractivity contribution is 5.80. The van der Waals surface area contributed by atoms with Crippen LogP contribution in [0.25, 0.3) is 0 Å². The van der Waals surface area contributed by atoms with Crippen LogP contribution in [0.15, 0.2) is 23.2 Å². The SMILES string of the molecule is CCNC(=NCc1ccc(F)c(CO)c1)N1CCN(CC(=O)N2CCCCC2)CC1. The number of rotatable bonds is 6. The molecule has 0 aliphatic carbocycles. The van der Waals surface area contributed by atoms with Crippen LogP contribution in [0.4, 0.5) is 4.39 Å². The summed E-state index contributed by atoms with van der Waals surface area (Å²) in [5.74, 6) is 0.682. The number of guanidine groups is 1. The Labute approximate surface area is 178 Å². The first-order chi connectivity index (χ1) is 14.6. The van der Waals surface area contributed by atoms with Crippen LogP contribution >= 0.6 is 0 Å². The van der Waals surface area contributed by atoms with E-state index in [1.807, 2.05) is 11.8 Å². The molecule has 2 heterocycles. The zero-order valence-electron chi connectivity index (χ0n) is 17.9. The highest BCUT2D eigenvalue weighted by Crippen LogP contribution is 2.13. The van der Waals surface area contributed by atoms with E-state index >= 15 is 0 Å². The van der Waals surface area contributed by atoms with Crippen LogP contribution in [-0.4, -0.2) is 84.0 Å². The topological polar surface area (TPSA) is 71.4 Å². The van der Waals surface area contributed by atoms with Crippen LogP contribution in [0.2, 0.25) is 0 Å². The van der Waals surface area contributed by atoms with Gasteiger partial charge in [0.1, 0.15) is 5.82 Å². The van der Waals surface area contributed by atoms with Crippen LogP contribution in [0.1, 0.15) is 37.3 Å². The second kappa shape index (κ2) is 11.3. The van der Waals surface area contributed by atoms with Gasteiger partial charge >= 0.3 is 0 Å². The number of piperidine rings is 1. The second-order valence-corrected chi connectivity index (χ2v) is 7.96. The van der Waals surface area contributed by atoms with Crippen molar-refractivity contribution in [1.29, 1.82) is 0 Å². The summed E-state index contributed by atoms with van der Waals surface area (Å²) in [6.45, 7) is 8.47. The molecule has 0 radical (unpaired) electrons. The van der Waals surface area contributed by atoms with Crippen molar-refractivity contribution in [2.24, 2.45) is 4.99 Å². The lowest BCUT2D eigenvalue weighted by molar-refractivity contribution is -0.133. The Balaban J connectivity index is 1.53. The van der Waals surface area contributed by atoms with E-state index in [-0.39, 0.29) is 12.5 Å². The van der Waals surface area contributed by atoms with Gasteiger partial charge < -0.3 is 20.2 Å². The molecule has 1 aromatic rings. The fourth-order valence-electron chi connectivity index (χ4n) is 3.99. The molecule has 3 rings (SSSR count). The number of amides is 1. The van der Waals surface area contributed by atoms with Gasteiger partial charge in [-0.15, -0.1) is 0 Å². The Morgan fingerprint density at radius 2 is 1.83 bits per heavy atom. The Kier molecular flexibility index (Phi) is 8.45. The molecule has 2 N–H and O–H groups in total. The van der Waals surface area contributed by atoms with E-state index in [1.54, 1.807) is 12.1 Å². The van der Waals surface area contributed by atoms with Gasteiger partial charge in [-0.05, 0) is 43.9 Å². The number of likely N-dealkylation sites (tertiary alicyclic amines) is 1. The van der Waals surface area contributed by atoms with E-state index in [2.05, 4.69) is 15.1 Å². The van der Waals surface area contributed by atoms with Gasteiger partial charge in [0.25, 0.3) is 0 Å². The minimum Gasteiger partial charge on any atom is -0.392 e. The first-order valence-electron chi connectivity index (χ1n) is 11.0. The Morgan fingerprint density at radius 3 is 2.50 bits per heavy atom. The molecule has 166 valence electrons. The molecular formula is C22H34FN5O2. The molecule has 2 aliphatic rings. The standard InChI is InChI=1S/C22H34FN5O2/c1-2-24-22(25-15-18-6-7-20(23)19(14-18)17-29)28-12-10-26(11-13-28)16-21(30)27-8-4-3-5-9-27/h6-7,14,29H,2-5,8-13,15-17H2,1H3,(H,24,25). The van der Waals surface area contributed by atoms with Gasteiger partial charge in [0.2, 0.25) is 5.91 Å². The van der Waals surface area contributed by atoms with Crippen molar-refractivity contribution < 1.29 is 14.3 Å². The lowest BCUT2D eigenvalue weighted by Crippen LogP contribution is -2.54. The number of benzene rings is 1. The summed E-state index contributed by atoms with van der Waals surface area (Å²) >= 11 is 0. The maximum atomic E-state index is 13.6. The number of nitrogens with zero attached hydrogens (tertiary/aromatic N) is 4. The third kappa shape index (κ3) is 6.15. The molecule has 8 heteroatoms. The number of carbonyl (C=O) groups is 1. The summed E-state index contributed by atoms with van der Waals surface area (Å²) in [4.78, 5) is 23.7. The maximum Gasteiger partial charge on any atom is 0.236 e. The fraction of sp³-hybridized carbons (Fsp3) is 0.636. The molecule has 0 saturated carbocycles. The number of aliphatic hydroxyl groups is 1. The normalized spacial score (nSPS) is 18.6. The summed E-state index contributed by atoms with van der Waals surface area (Å²) in [5, 5.41) is 12.6. The van der Waals surface area contributed by atoms with Gasteiger partial charge in [0.15, 0.2) is 5.96 Å². The quantitative estimate of drug-likeness (QED) is 0.539. The largest absolute Gasteiger partial charge is 0.392 e. The smallest absolute Gasteiger partial charge is 0.236 e. The van der Waals surface area contributed by atoms with Crippen molar-refractivity contribution in [3.05, 3.63) is 35.1 Å². The van der Waals surface area contributed by atoms with E-state index in [4.69, 9.17) is 4.99 Å². The number of nitrogens with one attached hydrogen (secondary N) is 1. The summed E-state index contributed by atoms with van der Waals surface area (Å²) in [7, 11) is 0. The average molecular weight is 420 g/mol. The Bertz CT molecular complexity index is 728. The van der Waals surface area contributed by atoms with E-state index in [0.29, 0.717) is 18.7 Å².